The predicted molar refractivity (Wildman–Crippen MR) is 79.4 cm³/mol. The van der Waals surface area contributed by atoms with Crippen molar-refractivity contribution in [3.8, 4) is 0 Å². The van der Waals surface area contributed by atoms with E-state index in [1.165, 1.54) is 19.3 Å². The van der Waals surface area contributed by atoms with Gasteiger partial charge in [-0.05, 0) is 67.2 Å². The molecule has 0 amide bonds. The molecule has 0 heterocycles. The van der Waals surface area contributed by atoms with Crippen LogP contribution in [0.5, 0.6) is 0 Å². The molecule has 4 rings (SSSR count). The molecule has 3 nitrogen and oxygen atoms in total. The summed E-state index contributed by atoms with van der Waals surface area (Å²) in [6.45, 7) is 1.68. The minimum Gasteiger partial charge on any atom is -0.382 e. The van der Waals surface area contributed by atoms with Crippen LogP contribution in [0.3, 0.4) is 0 Å². The average molecular weight is 291 g/mol. The first-order valence-corrected chi connectivity index (χ1v) is 9.35. The fraction of sp³-hybridized carbons (Fsp3) is 0.625. The van der Waals surface area contributed by atoms with Crippen LogP contribution in [0.15, 0.2) is 29.2 Å². The van der Waals surface area contributed by atoms with E-state index in [1.807, 2.05) is 12.1 Å². The molecular weight excluding hydrogens is 270 g/mol. The molecule has 1 aromatic rings. The predicted octanol–water partition coefficient (Wildman–Crippen LogP) is 2.94. The molecule has 0 aliphatic heterocycles. The quantitative estimate of drug-likeness (QED) is 0.927. The first-order chi connectivity index (χ1) is 9.60. The van der Waals surface area contributed by atoms with Crippen molar-refractivity contribution in [2.45, 2.75) is 37.1 Å². The lowest BCUT2D eigenvalue weighted by atomic mass is 10.0. The molecule has 1 N–H and O–H groups in total. The Hall–Kier alpha value is -1.03. The zero-order valence-electron chi connectivity index (χ0n) is 11.7. The van der Waals surface area contributed by atoms with E-state index in [9.17, 15) is 8.42 Å². The average Bonchev–Trinajstić information content (AvgIpc) is 2.85. The largest absolute Gasteiger partial charge is 0.382 e. The van der Waals surface area contributed by atoms with Crippen molar-refractivity contribution >= 4 is 15.5 Å². The molecule has 1 aromatic carbocycles. The Morgan fingerprint density at radius 2 is 1.70 bits per heavy atom. The molecule has 3 aliphatic rings. The Morgan fingerprint density at radius 1 is 1.10 bits per heavy atom. The van der Waals surface area contributed by atoms with Crippen molar-refractivity contribution < 1.29 is 8.42 Å². The second-order valence-electron chi connectivity index (χ2n) is 6.59. The Kier molecular flexibility index (Phi) is 2.69. The number of fused-ring (bicyclic) bond motifs is 5. The summed E-state index contributed by atoms with van der Waals surface area (Å²) in [4.78, 5) is 0.432. The fourth-order valence-electron chi connectivity index (χ4n) is 4.64. The minimum atomic E-state index is -3.08. The Labute approximate surface area is 120 Å². The maximum absolute atomic E-state index is 11.8. The summed E-state index contributed by atoms with van der Waals surface area (Å²) >= 11 is 0. The van der Waals surface area contributed by atoms with E-state index >= 15 is 0 Å². The van der Waals surface area contributed by atoms with Gasteiger partial charge in [0, 0.05) is 11.7 Å². The van der Waals surface area contributed by atoms with Crippen molar-refractivity contribution in [2.24, 2.45) is 23.7 Å². The Bertz CT molecular complexity index is 606. The summed E-state index contributed by atoms with van der Waals surface area (Å²) < 4.78 is 23.6. The van der Waals surface area contributed by atoms with Gasteiger partial charge in [0.15, 0.2) is 9.84 Å². The molecule has 0 saturated heterocycles. The molecule has 3 aliphatic carbocycles. The van der Waals surface area contributed by atoms with E-state index in [-0.39, 0.29) is 5.75 Å². The van der Waals surface area contributed by atoms with Crippen molar-refractivity contribution in [2.75, 3.05) is 11.1 Å². The van der Waals surface area contributed by atoms with Crippen molar-refractivity contribution in [1.29, 1.82) is 0 Å². The highest BCUT2D eigenvalue weighted by atomic mass is 32.2. The molecule has 0 spiro atoms. The van der Waals surface area contributed by atoms with E-state index in [1.54, 1.807) is 19.1 Å². The number of hydrogen-bond acceptors (Lipinski definition) is 3. The minimum absolute atomic E-state index is 0.163. The van der Waals surface area contributed by atoms with Crippen LogP contribution >= 0.6 is 0 Å². The maximum atomic E-state index is 11.8. The molecule has 4 atom stereocenters. The summed E-state index contributed by atoms with van der Waals surface area (Å²) in [5, 5.41) is 3.62. The second kappa shape index (κ2) is 4.23. The molecule has 4 unspecified atom stereocenters. The summed E-state index contributed by atoms with van der Waals surface area (Å²) in [6.07, 6.45) is 4.32. The van der Waals surface area contributed by atoms with Gasteiger partial charge in [-0.25, -0.2) is 8.42 Å². The second-order valence-corrected chi connectivity index (χ2v) is 8.86. The third-order valence-electron chi connectivity index (χ3n) is 5.66. The van der Waals surface area contributed by atoms with Crippen molar-refractivity contribution in [3.63, 3.8) is 0 Å². The normalized spacial score (nSPS) is 37.8. The van der Waals surface area contributed by atoms with Crippen LogP contribution in [0.1, 0.15) is 26.2 Å². The smallest absolute Gasteiger partial charge is 0.178 e. The lowest BCUT2D eigenvalue weighted by Crippen LogP contribution is -2.12. The van der Waals surface area contributed by atoms with Crippen LogP contribution in [0.25, 0.3) is 0 Å². The van der Waals surface area contributed by atoms with Crippen LogP contribution in [-0.2, 0) is 9.84 Å². The van der Waals surface area contributed by atoms with Gasteiger partial charge in [-0.1, -0.05) is 6.92 Å². The SMILES string of the molecule is CCS(=O)(=O)c1ccc(NC2C3C4CCC(C4)C23)cc1. The molecule has 108 valence electrons. The number of hydrogen-bond donors (Lipinski definition) is 1. The molecule has 3 saturated carbocycles. The molecule has 0 radical (unpaired) electrons. The molecule has 3 fully saturated rings. The highest BCUT2D eigenvalue weighted by Gasteiger charge is 2.64. The van der Waals surface area contributed by atoms with Gasteiger partial charge >= 0.3 is 0 Å². The zero-order chi connectivity index (χ0) is 13.9. The van der Waals surface area contributed by atoms with E-state index in [2.05, 4.69) is 5.32 Å². The third-order valence-corrected chi connectivity index (χ3v) is 7.41. The van der Waals surface area contributed by atoms with Crippen LogP contribution in [0.4, 0.5) is 5.69 Å². The van der Waals surface area contributed by atoms with Gasteiger partial charge in [-0.3, -0.25) is 0 Å². The number of anilines is 1. The standard InChI is InChI=1S/C16H21NO2S/c1-2-20(18,19)13-7-5-12(6-8-13)17-16-14-10-3-4-11(9-10)15(14)16/h5-8,10-11,14-17H,2-4,9H2,1H3. The zero-order valence-corrected chi connectivity index (χ0v) is 12.6. The van der Waals surface area contributed by atoms with Gasteiger partial charge in [0.2, 0.25) is 0 Å². The van der Waals surface area contributed by atoms with E-state index in [4.69, 9.17) is 0 Å². The number of sulfone groups is 1. The van der Waals surface area contributed by atoms with Crippen molar-refractivity contribution in [3.05, 3.63) is 24.3 Å². The van der Waals surface area contributed by atoms with Gasteiger partial charge < -0.3 is 5.32 Å². The van der Waals surface area contributed by atoms with Crippen molar-refractivity contribution in [1.82, 2.24) is 0 Å². The third kappa shape index (κ3) is 1.80. The van der Waals surface area contributed by atoms with Crippen LogP contribution < -0.4 is 5.32 Å². The van der Waals surface area contributed by atoms with E-state index in [0.29, 0.717) is 10.9 Å². The highest BCUT2D eigenvalue weighted by Crippen LogP contribution is 2.66. The summed E-state index contributed by atoms with van der Waals surface area (Å²) in [7, 11) is -3.08. The monoisotopic (exact) mass is 291 g/mol. The summed E-state index contributed by atoms with van der Waals surface area (Å²) in [6, 6.07) is 7.94. The van der Waals surface area contributed by atoms with Crippen LogP contribution in [-0.4, -0.2) is 20.2 Å². The molecule has 4 heteroatoms. The van der Waals surface area contributed by atoms with Crippen LogP contribution in [0, 0.1) is 23.7 Å². The Morgan fingerprint density at radius 3 is 2.25 bits per heavy atom. The maximum Gasteiger partial charge on any atom is 0.178 e. The summed E-state index contributed by atoms with van der Waals surface area (Å²) in [5.74, 6) is 3.88. The summed E-state index contributed by atoms with van der Waals surface area (Å²) in [5.41, 5.74) is 1.07. The van der Waals surface area contributed by atoms with Gasteiger partial charge in [0.25, 0.3) is 0 Å². The molecular formula is C16H21NO2S. The Balaban J connectivity index is 1.46. The van der Waals surface area contributed by atoms with Gasteiger partial charge in [0.1, 0.15) is 0 Å². The first kappa shape index (κ1) is 12.7. The topological polar surface area (TPSA) is 46.2 Å². The molecule has 0 aromatic heterocycles. The number of nitrogens with one attached hydrogen (secondary N) is 1. The van der Waals surface area contributed by atoms with Gasteiger partial charge in [-0.2, -0.15) is 0 Å². The fourth-order valence-corrected chi connectivity index (χ4v) is 5.52. The number of rotatable bonds is 4. The van der Waals surface area contributed by atoms with E-state index < -0.39 is 9.84 Å². The highest BCUT2D eigenvalue weighted by molar-refractivity contribution is 7.91. The molecule has 20 heavy (non-hydrogen) atoms. The van der Waals surface area contributed by atoms with Gasteiger partial charge in [-0.15, -0.1) is 0 Å². The lowest BCUT2D eigenvalue weighted by molar-refractivity contribution is 0.456. The lowest BCUT2D eigenvalue weighted by Gasteiger charge is -2.12. The molecule has 2 bridgehead atoms. The first-order valence-electron chi connectivity index (χ1n) is 7.69. The number of benzene rings is 1. The van der Waals surface area contributed by atoms with Crippen LogP contribution in [0.2, 0.25) is 0 Å². The van der Waals surface area contributed by atoms with Gasteiger partial charge in [0.05, 0.1) is 10.6 Å². The van der Waals surface area contributed by atoms with E-state index in [0.717, 1.165) is 29.4 Å².